The van der Waals surface area contributed by atoms with E-state index in [2.05, 4.69) is 10.6 Å². The number of unbranched alkanes of at least 4 members (excludes halogenated alkanes) is 1. The molecule has 4 amide bonds. The number of hydrogen-bond donors (Lipinski definition) is 6. The van der Waals surface area contributed by atoms with Gasteiger partial charge in [0.15, 0.2) is 0 Å². The van der Waals surface area contributed by atoms with Crippen LogP contribution in [-0.4, -0.2) is 76.9 Å². The zero-order valence-corrected chi connectivity index (χ0v) is 19.4. The maximum Gasteiger partial charge on any atom is 0.326 e. The lowest BCUT2D eigenvalue weighted by Crippen LogP contribution is -2.56. The highest BCUT2D eigenvalue weighted by Crippen LogP contribution is 2.19. The molecule has 1 aliphatic heterocycles. The van der Waals surface area contributed by atoms with E-state index in [9.17, 15) is 29.1 Å². The fraction of sp³-hybridized carbons (Fsp3) is 0.762. The van der Waals surface area contributed by atoms with Crippen molar-refractivity contribution in [3.05, 3.63) is 0 Å². The van der Waals surface area contributed by atoms with E-state index >= 15 is 0 Å². The first-order chi connectivity index (χ1) is 15.5. The molecule has 0 bridgehead atoms. The minimum Gasteiger partial charge on any atom is -0.480 e. The molecule has 0 saturated carbocycles. The Kier molecular flexibility index (Phi) is 11.8. The molecule has 0 radical (unpaired) electrons. The summed E-state index contributed by atoms with van der Waals surface area (Å²) in [6.07, 6.45) is 2.30. The van der Waals surface area contributed by atoms with Gasteiger partial charge in [-0.15, -0.1) is 0 Å². The van der Waals surface area contributed by atoms with Gasteiger partial charge in [0.2, 0.25) is 23.6 Å². The Morgan fingerprint density at radius 2 is 1.76 bits per heavy atom. The lowest BCUT2D eigenvalue weighted by molar-refractivity contribution is -0.143. The molecule has 1 fully saturated rings. The van der Waals surface area contributed by atoms with Crippen LogP contribution in [0.15, 0.2) is 0 Å². The second-order valence-electron chi connectivity index (χ2n) is 8.84. The SMILES string of the molecule is CC(C)CC(NC(=O)C(CCCCN)NC(=O)C1CCCN1C(=O)C(N)CC(N)=O)C(=O)O. The highest BCUT2D eigenvalue weighted by molar-refractivity contribution is 5.95. The second-order valence-corrected chi connectivity index (χ2v) is 8.84. The van der Waals surface area contributed by atoms with Crippen molar-refractivity contribution in [1.29, 1.82) is 0 Å². The van der Waals surface area contributed by atoms with E-state index in [0.717, 1.165) is 0 Å². The maximum absolute atomic E-state index is 13.0. The third-order valence-electron chi connectivity index (χ3n) is 5.48. The Balaban J connectivity index is 2.91. The zero-order chi connectivity index (χ0) is 25.1. The summed E-state index contributed by atoms with van der Waals surface area (Å²) >= 11 is 0. The van der Waals surface area contributed by atoms with E-state index in [4.69, 9.17) is 17.2 Å². The largest absolute Gasteiger partial charge is 0.480 e. The number of primary amides is 1. The van der Waals surface area contributed by atoms with Gasteiger partial charge < -0.3 is 37.8 Å². The molecular formula is C21H38N6O6. The molecule has 4 unspecified atom stereocenters. The summed E-state index contributed by atoms with van der Waals surface area (Å²) in [6, 6.07) is -4.04. The van der Waals surface area contributed by atoms with Gasteiger partial charge in [-0.1, -0.05) is 13.8 Å². The summed E-state index contributed by atoms with van der Waals surface area (Å²) in [4.78, 5) is 62.4. The van der Waals surface area contributed by atoms with Crippen LogP contribution in [0.1, 0.15) is 58.8 Å². The Morgan fingerprint density at radius 3 is 2.30 bits per heavy atom. The number of carboxylic acid groups (broad SMARTS) is 1. The van der Waals surface area contributed by atoms with Crippen molar-refractivity contribution in [1.82, 2.24) is 15.5 Å². The van der Waals surface area contributed by atoms with E-state index in [-0.39, 0.29) is 25.2 Å². The molecule has 188 valence electrons. The summed E-state index contributed by atoms with van der Waals surface area (Å²) in [5, 5.41) is 14.6. The Morgan fingerprint density at radius 1 is 1.09 bits per heavy atom. The van der Waals surface area contributed by atoms with E-state index < -0.39 is 53.8 Å². The first kappa shape index (κ1) is 28.3. The number of carbonyl (C=O) groups excluding carboxylic acids is 4. The third-order valence-corrected chi connectivity index (χ3v) is 5.48. The quantitative estimate of drug-likeness (QED) is 0.162. The smallest absolute Gasteiger partial charge is 0.326 e. The van der Waals surface area contributed by atoms with Crippen LogP contribution in [0, 0.1) is 5.92 Å². The van der Waals surface area contributed by atoms with Gasteiger partial charge in [0, 0.05) is 6.54 Å². The van der Waals surface area contributed by atoms with Crippen molar-refractivity contribution in [2.75, 3.05) is 13.1 Å². The fourth-order valence-electron chi connectivity index (χ4n) is 3.81. The van der Waals surface area contributed by atoms with Gasteiger partial charge in [-0.3, -0.25) is 19.2 Å². The average molecular weight is 471 g/mol. The van der Waals surface area contributed by atoms with E-state index in [0.29, 0.717) is 38.8 Å². The molecule has 1 saturated heterocycles. The van der Waals surface area contributed by atoms with Crippen LogP contribution >= 0.6 is 0 Å². The number of rotatable bonds is 14. The van der Waals surface area contributed by atoms with Crippen LogP contribution < -0.4 is 27.8 Å². The number of nitrogens with one attached hydrogen (secondary N) is 2. The van der Waals surface area contributed by atoms with Gasteiger partial charge in [-0.2, -0.15) is 0 Å². The Hall–Kier alpha value is -2.73. The monoisotopic (exact) mass is 470 g/mol. The molecular weight excluding hydrogens is 432 g/mol. The summed E-state index contributed by atoms with van der Waals surface area (Å²) in [6.45, 7) is 4.40. The van der Waals surface area contributed by atoms with Gasteiger partial charge in [0.1, 0.15) is 18.1 Å². The molecule has 12 heteroatoms. The number of hydrogen-bond acceptors (Lipinski definition) is 7. The van der Waals surface area contributed by atoms with Gasteiger partial charge in [-0.05, 0) is 51.0 Å². The molecule has 9 N–H and O–H groups in total. The molecule has 1 heterocycles. The number of amides is 4. The van der Waals surface area contributed by atoms with E-state index in [1.807, 2.05) is 13.8 Å². The summed E-state index contributed by atoms with van der Waals surface area (Å²) in [7, 11) is 0. The standard InChI is InChI=1S/C21H38N6O6/c1-12(2)10-15(21(32)33)26-18(29)14(6-3-4-8-22)25-19(30)16-7-5-9-27(16)20(31)13(23)11-17(24)28/h12-16H,3-11,22-23H2,1-2H3,(H2,24,28)(H,25,30)(H,26,29)(H,32,33). The maximum atomic E-state index is 13.0. The zero-order valence-electron chi connectivity index (χ0n) is 19.4. The van der Waals surface area contributed by atoms with Crippen molar-refractivity contribution < 1.29 is 29.1 Å². The van der Waals surface area contributed by atoms with Crippen molar-refractivity contribution >= 4 is 29.6 Å². The van der Waals surface area contributed by atoms with Crippen LogP contribution in [0.3, 0.4) is 0 Å². The summed E-state index contributed by atoms with van der Waals surface area (Å²) in [5.74, 6) is -3.52. The van der Waals surface area contributed by atoms with Gasteiger partial charge >= 0.3 is 5.97 Å². The highest BCUT2D eigenvalue weighted by atomic mass is 16.4. The minimum absolute atomic E-state index is 0.0411. The third kappa shape index (κ3) is 9.34. The first-order valence-electron chi connectivity index (χ1n) is 11.4. The predicted octanol–water partition coefficient (Wildman–Crippen LogP) is -1.59. The van der Waals surface area contributed by atoms with Crippen LogP contribution in [-0.2, 0) is 24.0 Å². The van der Waals surface area contributed by atoms with Crippen molar-refractivity contribution in [3.63, 3.8) is 0 Å². The molecule has 0 aromatic carbocycles. The highest BCUT2D eigenvalue weighted by Gasteiger charge is 2.38. The molecule has 4 atom stereocenters. The molecule has 1 aliphatic rings. The number of carboxylic acids is 1. The summed E-state index contributed by atoms with van der Waals surface area (Å²) in [5.41, 5.74) is 16.4. The number of nitrogens with zero attached hydrogens (tertiary/aromatic N) is 1. The van der Waals surface area contributed by atoms with Crippen molar-refractivity contribution in [2.24, 2.45) is 23.1 Å². The fourth-order valence-corrected chi connectivity index (χ4v) is 3.81. The van der Waals surface area contributed by atoms with E-state index in [1.165, 1.54) is 4.90 Å². The molecule has 0 aromatic heterocycles. The van der Waals surface area contributed by atoms with E-state index in [1.54, 1.807) is 0 Å². The average Bonchev–Trinajstić information content (AvgIpc) is 3.20. The van der Waals surface area contributed by atoms with Crippen LogP contribution in [0.2, 0.25) is 0 Å². The second kappa shape index (κ2) is 13.7. The van der Waals surface area contributed by atoms with Crippen LogP contribution in [0.5, 0.6) is 0 Å². The topological polar surface area (TPSA) is 211 Å². The number of nitrogens with two attached hydrogens (primary N) is 3. The predicted molar refractivity (Wildman–Crippen MR) is 120 cm³/mol. The van der Waals surface area contributed by atoms with Crippen LogP contribution in [0.25, 0.3) is 0 Å². The minimum atomic E-state index is -1.15. The lowest BCUT2D eigenvalue weighted by Gasteiger charge is -2.28. The van der Waals surface area contributed by atoms with Crippen LogP contribution in [0.4, 0.5) is 0 Å². The molecule has 1 rings (SSSR count). The Bertz CT molecular complexity index is 715. The number of likely N-dealkylation sites (tertiary alicyclic amines) is 1. The van der Waals surface area contributed by atoms with Gasteiger partial charge in [-0.25, -0.2) is 4.79 Å². The van der Waals surface area contributed by atoms with Gasteiger partial charge in [0.25, 0.3) is 0 Å². The summed E-state index contributed by atoms with van der Waals surface area (Å²) < 4.78 is 0. The molecule has 12 nitrogen and oxygen atoms in total. The van der Waals surface area contributed by atoms with Gasteiger partial charge in [0.05, 0.1) is 12.5 Å². The Labute approximate surface area is 194 Å². The first-order valence-corrected chi connectivity index (χ1v) is 11.4. The van der Waals surface area contributed by atoms with Crippen molar-refractivity contribution in [3.8, 4) is 0 Å². The molecule has 33 heavy (non-hydrogen) atoms. The lowest BCUT2D eigenvalue weighted by atomic mass is 10.0. The van der Waals surface area contributed by atoms with Crippen molar-refractivity contribution in [2.45, 2.75) is 83.0 Å². The molecule has 0 aromatic rings. The number of aliphatic carboxylic acids is 1. The number of carbonyl (C=O) groups is 5. The normalized spacial score (nSPS) is 18.5. The molecule has 0 spiro atoms. The molecule has 0 aliphatic carbocycles.